The van der Waals surface area contributed by atoms with Crippen LogP contribution in [0.4, 0.5) is 11.4 Å². The summed E-state index contributed by atoms with van der Waals surface area (Å²) in [6.07, 6.45) is 0. The molecule has 0 aromatic heterocycles. The van der Waals surface area contributed by atoms with Crippen LogP contribution < -0.4 is 5.32 Å². The highest BCUT2D eigenvalue weighted by Crippen LogP contribution is 2.15. The van der Waals surface area contributed by atoms with Gasteiger partial charge in [0.25, 0.3) is 0 Å². The Morgan fingerprint density at radius 3 is 2.35 bits per heavy atom. The highest BCUT2D eigenvalue weighted by molar-refractivity contribution is 5.95. The Balaban J connectivity index is 1.86. The van der Waals surface area contributed by atoms with Crippen molar-refractivity contribution in [1.29, 1.82) is 0 Å². The lowest BCUT2D eigenvalue weighted by atomic mass is 10.3. The minimum absolute atomic E-state index is 0.575. The molecule has 1 fully saturated rings. The van der Waals surface area contributed by atoms with Gasteiger partial charge in [-0.05, 0) is 24.3 Å². The molecule has 0 amide bonds. The number of hydrogen-bond donors (Lipinski definition) is 1. The van der Waals surface area contributed by atoms with Crippen LogP contribution in [0.3, 0.4) is 0 Å². The van der Waals surface area contributed by atoms with Crippen LogP contribution in [0, 0.1) is 0 Å². The summed E-state index contributed by atoms with van der Waals surface area (Å²) < 4.78 is 5.42. The number of rotatable bonds is 2. The third-order valence-electron chi connectivity index (χ3n) is 3.07. The largest absolute Gasteiger partial charge is 0.359 e. The van der Waals surface area contributed by atoms with Gasteiger partial charge in [0.1, 0.15) is 6.73 Å². The van der Waals surface area contributed by atoms with Gasteiger partial charge in [-0.15, -0.1) is 0 Å². The number of benzene rings is 2. The molecule has 0 spiro atoms. The van der Waals surface area contributed by atoms with E-state index in [2.05, 4.69) is 15.2 Å². The molecule has 0 atom stereocenters. The summed E-state index contributed by atoms with van der Waals surface area (Å²) >= 11 is 0. The van der Waals surface area contributed by atoms with E-state index in [9.17, 15) is 0 Å². The fourth-order valence-electron chi connectivity index (χ4n) is 2.03. The summed E-state index contributed by atoms with van der Waals surface area (Å²) in [5.74, 6) is 0.819. The minimum atomic E-state index is 0.575. The van der Waals surface area contributed by atoms with Gasteiger partial charge in [-0.25, -0.2) is 4.99 Å². The van der Waals surface area contributed by atoms with E-state index in [-0.39, 0.29) is 0 Å². The molecule has 1 saturated heterocycles. The van der Waals surface area contributed by atoms with E-state index in [0.29, 0.717) is 6.73 Å². The smallest absolute Gasteiger partial charge is 0.205 e. The zero-order valence-corrected chi connectivity index (χ0v) is 11.2. The van der Waals surface area contributed by atoms with Crippen LogP contribution in [0.1, 0.15) is 0 Å². The van der Waals surface area contributed by atoms with Crippen LogP contribution >= 0.6 is 0 Å². The van der Waals surface area contributed by atoms with Crippen LogP contribution in [0.15, 0.2) is 65.7 Å². The molecule has 4 heteroatoms. The fraction of sp³-hybridized carbons (Fsp3) is 0.188. The lowest BCUT2D eigenvalue weighted by Crippen LogP contribution is -2.34. The van der Waals surface area contributed by atoms with Gasteiger partial charge in [-0.1, -0.05) is 36.4 Å². The normalized spacial score (nSPS) is 15.4. The Morgan fingerprint density at radius 2 is 1.70 bits per heavy atom. The van der Waals surface area contributed by atoms with Gasteiger partial charge in [0.05, 0.1) is 12.3 Å². The number of para-hydroxylation sites is 2. The Bertz CT molecular complexity index is 563. The number of anilines is 1. The van der Waals surface area contributed by atoms with Gasteiger partial charge in [-0.3, -0.25) is 0 Å². The van der Waals surface area contributed by atoms with Crippen molar-refractivity contribution in [3.63, 3.8) is 0 Å². The van der Waals surface area contributed by atoms with Crippen molar-refractivity contribution >= 4 is 17.3 Å². The summed E-state index contributed by atoms with van der Waals surface area (Å²) in [6.45, 7) is 2.17. The monoisotopic (exact) mass is 267 g/mol. The molecule has 0 radical (unpaired) electrons. The topological polar surface area (TPSA) is 36.9 Å². The average molecular weight is 267 g/mol. The molecule has 2 aromatic carbocycles. The predicted octanol–water partition coefficient (Wildman–Crippen LogP) is 3.08. The summed E-state index contributed by atoms with van der Waals surface area (Å²) in [7, 11) is 0. The molecule has 1 heterocycles. The molecular weight excluding hydrogens is 250 g/mol. The molecule has 102 valence electrons. The molecule has 1 aliphatic rings. The van der Waals surface area contributed by atoms with Gasteiger partial charge < -0.3 is 15.0 Å². The molecule has 0 bridgehead atoms. The van der Waals surface area contributed by atoms with Gasteiger partial charge >= 0.3 is 0 Å². The summed E-state index contributed by atoms with van der Waals surface area (Å²) in [5, 5.41) is 3.37. The van der Waals surface area contributed by atoms with Crippen LogP contribution in [0.25, 0.3) is 0 Å². The third kappa shape index (κ3) is 3.16. The van der Waals surface area contributed by atoms with E-state index < -0.39 is 0 Å². The van der Waals surface area contributed by atoms with Crippen LogP contribution in [-0.4, -0.2) is 30.7 Å². The van der Waals surface area contributed by atoms with Gasteiger partial charge in [0.2, 0.25) is 5.96 Å². The first kappa shape index (κ1) is 12.7. The maximum atomic E-state index is 5.42. The molecule has 0 saturated carbocycles. The lowest BCUT2D eigenvalue weighted by Gasteiger charge is -2.19. The van der Waals surface area contributed by atoms with E-state index in [1.165, 1.54) is 0 Å². The maximum Gasteiger partial charge on any atom is 0.205 e. The van der Waals surface area contributed by atoms with E-state index in [4.69, 9.17) is 4.74 Å². The number of nitrogens with zero attached hydrogens (tertiary/aromatic N) is 2. The van der Waals surface area contributed by atoms with Crippen LogP contribution in [0.2, 0.25) is 0 Å². The van der Waals surface area contributed by atoms with E-state index >= 15 is 0 Å². The Morgan fingerprint density at radius 1 is 1.00 bits per heavy atom. The second-order valence-corrected chi connectivity index (χ2v) is 4.56. The lowest BCUT2D eigenvalue weighted by molar-refractivity contribution is 0.169. The zero-order valence-electron chi connectivity index (χ0n) is 11.2. The van der Waals surface area contributed by atoms with Gasteiger partial charge in [0, 0.05) is 12.2 Å². The van der Waals surface area contributed by atoms with Gasteiger partial charge in [-0.2, -0.15) is 0 Å². The number of guanidine groups is 1. The van der Waals surface area contributed by atoms with Crippen molar-refractivity contribution in [3.05, 3.63) is 60.7 Å². The highest BCUT2D eigenvalue weighted by Gasteiger charge is 2.17. The maximum absolute atomic E-state index is 5.42. The number of hydrogen-bond acceptors (Lipinski definition) is 2. The molecular formula is C16H17N3O. The molecule has 1 aliphatic heterocycles. The van der Waals surface area contributed by atoms with Gasteiger partial charge in [0.15, 0.2) is 0 Å². The standard InChI is InChI=1S/C16H17N3O/c1-3-7-14(8-4-1)17-16(19-11-12-20-13-19)18-15-9-5-2-6-10-15/h1-10H,11-13H2,(H,17,18). The fourth-order valence-corrected chi connectivity index (χ4v) is 2.03. The first-order valence-electron chi connectivity index (χ1n) is 6.70. The number of ether oxygens (including phenoxy) is 1. The second-order valence-electron chi connectivity index (χ2n) is 4.56. The van der Waals surface area contributed by atoms with Crippen molar-refractivity contribution in [2.24, 2.45) is 4.99 Å². The minimum Gasteiger partial charge on any atom is -0.359 e. The average Bonchev–Trinajstić information content (AvgIpc) is 3.03. The Labute approximate surface area is 118 Å². The van der Waals surface area contributed by atoms with Crippen molar-refractivity contribution in [2.45, 2.75) is 0 Å². The molecule has 0 unspecified atom stereocenters. The summed E-state index contributed by atoms with van der Waals surface area (Å²) in [5.41, 5.74) is 1.95. The summed E-state index contributed by atoms with van der Waals surface area (Å²) in [6, 6.07) is 20.0. The Hall–Kier alpha value is -2.33. The molecule has 0 aliphatic carbocycles. The molecule has 1 N–H and O–H groups in total. The number of aliphatic imine (C=N–C) groups is 1. The number of nitrogens with one attached hydrogen (secondary N) is 1. The van der Waals surface area contributed by atoms with Crippen molar-refractivity contribution in [3.8, 4) is 0 Å². The van der Waals surface area contributed by atoms with Crippen LogP contribution in [-0.2, 0) is 4.74 Å². The van der Waals surface area contributed by atoms with Crippen molar-refractivity contribution in [2.75, 3.05) is 25.2 Å². The SMILES string of the molecule is c1ccc(N=C(Nc2ccccc2)N2CCOC2)cc1. The van der Waals surface area contributed by atoms with E-state index in [1.807, 2.05) is 60.7 Å². The third-order valence-corrected chi connectivity index (χ3v) is 3.07. The van der Waals surface area contributed by atoms with Crippen molar-refractivity contribution < 1.29 is 4.74 Å². The first-order valence-corrected chi connectivity index (χ1v) is 6.70. The molecule has 3 rings (SSSR count). The molecule has 2 aromatic rings. The second kappa shape index (κ2) is 6.21. The van der Waals surface area contributed by atoms with E-state index in [0.717, 1.165) is 30.5 Å². The zero-order chi connectivity index (χ0) is 13.6. The first-order chi connectivity index (χ1) is 9.92. The summed E-state index contributed by atoms with van der Waals surface area (Å²) in [4.78, 5) is 6.78. The molecule has 20 heavy (non-hydrogen) atoms. The quantitative estimate of drug-likeness (QED) is 0.671. The predicted molar refractivity (Wildman–Crippen MR) is 81.1 cm³/mol. The van der Waals surface area contributed by atoms with Crippen LogP contribution in [0.5, 0.6) is 0 Å². The van der Waals surface area contributed by atoms with Crippen molar-refractivity contribution in [1.82, 2.24) is 4.90 Å². The molecule has 4 nitrogen and oxygen atoms in total. The highest BCUT2D eigenvalue weighted by atomic mass is 16.5. The van der Waals surface area contributed by atoms with E-state index in [1.54, 1.807) is 0 Å². The Kier molecular flexibility index (Phi) is 3.94.